The summed E-state index contributed by atoms with van der Waals surface area (Å²) in [5, 5.41) is -0.830. The lowest BCUT2D eigenvalue weighted by atomic mass is 10.1. The van der Waals surface area contributed by atoms with Crippen LogP contribution < -0.4 is 5.43 Å². The molecule has 3 aromatic rings. The van der Waals surface area contributed by atoms with Crippen LogP contribution in [-0.4, -0.2) is 20.3 Å². The van der Waals surface area contributed by atoms with Gasteiger partial charge in [-0.2, -0.15) is 0 Å². The fourth-order valence-electron chi connectivity index (χ4n) is 2.20. The lowest BCUT2D eigenvalue weighted by Crippen LogP contribution is -2.19. The van der Waals surface area contributed by atoms with Crippen LogP contribution in [0.3, 0.4) is 0 Å². The molecular weight excluding hydrogens is 347 g/mol. The first-order valence-electron chi connectivity index (χ1n) is 6.53. The summed E-state index contributed by atoms with van der Waals surface area (Å²) in [6, 6.07) is 1.38. The first kappa shape index (κ1) is 16.1. The molecule has 0 radical (unpaired) electrons. The maximum Gasteiger partial charge on any atom is 0.201 e. The molecular formula is C15H7ClF3N3O2. The monoisotopic (exact) mass is 353 g/mol. The third kappa shape index (κ3) is 2.54. The van der Waals surface area contributed by atoms with Crippen molar-refractivity contribution in [1.29, 1.82) is 0 Å². The number of pyridine rings is 3. The third-order valence-electron chi connectivity index (χ3n) is 3.28. The van der Waals surface area contributed by atoms with Crippen molar-refractivity contribution >= 4 is 28.4 Å². The molecule has 3 aromatic heterocycles. The fourth-order valence-corrected chi connectivity index (χ4v) is 2.33. The van der Waals surface area contributed by atoms with Crippen LogP contribution in [-0.2, 0) is 0 Å². The largest absolute Gasteiger partial charge is 0.294 e. The highest BCUT2D eigenvalue weighted by molar-refractivity contribution is 6.29. The average molecular weight is 354 g/mol. The van der Waals surface area contributed by atoms with E-state index in [1.54, 1.807) is 0 Å². The molecule has 0 fully saturated rings. The van der Waals surface area contributed by atoms with Gasteiger partial charge in [0.05, 0.1) is 17.1 Å². The molecule has 5 nitrogen and oxygen atoms in total. The standard InChI is InChI=1S/C15H7ClF3N3O2/c1-6(23)9-5-22(15-11(19)2-7(17)4-20-15)14-8(12(9)24)3-10(18)13(16)21-14/h2-5H,1H3. The fraction of sp³-hybridized carbons (Fsp3) is 0.0667. The highest BCUT2D eigenvalue weighted by Gasteiger charge is 2.19. The van der Waals surface area contributed by atoms with Crippen LogP contribution in [0.5, 0.6) is 0 Å². The number of hydrogen-bond donors (Lipinski definition) is 0. The number of Topliss-reactive ketones (excluding diaryl/α,β-unsaturated/α-hetero) is 1. The number of carbonyl (C=O) groups excluding carboxylic acids is 1. The van der Waals surface area contributed by atoms with E-state index in [1.807, 2.05) is 0 Å². The Morgan fingerprint density at radius 2 is 1.92 bits per heavy atom. The Labute approximate surface area is 137 Å². The Balaban J connectivity index is 2.50. The van der Waals surface area contributed by atoms with E-state index in [0.717, 1.165) is 30.0 Å². The highest BCUT2D eigenvalue weighted by atomic mass is 35.5. The first-order chi connectivity index (χ1) is 11.3. The maximum absolute atomic E-state index is 14.1. The van der Waals surface area contributed by atoms with Gasteiger partial charge in [0.15, 0.2) is 34.0 Å². The van der Waals surface area contributed by atoms with Crippen LogP contribution in [0, 0.1) is 17.5 Å². The molecule has 3 rings (SSSR count). The second kappa shape index (κ2) is 5.72. The van der Waals surface area contributed by atoms with Gasteiger partial charge in [-0.25, -0.2) is 23.1 Å². The number of nitrogens with zero attached hydrogens (tertiary/aromatic N) is 3. The Kier molecular flexibility index (Phi) is 3.84. The van der Waals surface area contributed by atoms with Gasteiger partial charge in [0, 0.05) is 12.3 Å². The average Bonchev–Trinajstić information content (AvgIpc) is 2.50. The molecule has 9 heteroatoms. The van der Waals surface area contributed by atoms with Gasteiger partial charge in [0.25, 0.3) is 0 Å². The number of ketones is 1. The molecule has 3 heterocycles. The number of halogens is 4. The molecule has 0 aliphatic heterocycles. The minimum atomic E-state index is -1.06. The summed E-state index contributed by atoms with van der Waals surface area (Å²) in [5.74, 6) is -3.98. The third-order valence-corrected chi connectivity index (χ3v) is 3.55. The van der Waals surface area contributed by atoms with Crippen molar-refractivity contribution < 1.29 is 18.0 Å². The second-order valence-corrected chi connectivity index (χ2v) is 5.25. The van der Waals surface area contributed by atoms with Crippen LogP contribution in [0.15, 0.2) is 29.3 Å². The smallest absolute Gasteiger partial charge is 0.201 e. The van der Waals surface area contributed by atoms with Crippen LogP contribution in [0.25, 0.3) is 16.9 Å². The molecule has 0 spiro atoms. The van der Waals surface area contributed by atoms with Gasteiger partial charge in [0.1, 0.15) is 5.82 Å². The van der Waals surface area contributed by atoms with E-state index in [0.29, 0.717) is 6.07 Å². The zero-order valence-electron chi connectivity index (χ0n) is 12.0. The summed E-state index contributed by atoms with van der Waals surface area (Å²) >= 11 is 5.62. The number of hydrogen-bond acceptors (Lipinski definition) is 4. The summed E-state index contributed by atoms with van der Waals surface area (Å²) in [4.78, 5) is 31.3. The Morgan fingerprint density at radius 3 is 2.54 bits per heavy atom. The van der Waals surface area contributed by atoms with Crippen LogP contribution in [0.4, 0.5) is 13.2 Å². The molecule has 122 valence electrons. The van der Waals surface area contributed by atoms with E-state index in [9.17, 15) is 22.8 Å². The molecule has 0 aliphatic rings. The van der Waals surface area contributed by atoms with Crippen molar-refractivity contribution in [2.75, 3.05) is 0 Å². The molecule has 0 bridgehead atoms. The van der Waals surface area contributed by atoms with Gasteiger partial charge in [-0.15, -0.1) is 0 Å². The summed E-state index contributed by atoms with van der Waals surface area (Å²) < 4.78 is 41.7. The Bertz CT molecular complexity index is 1070. The van der Waals surface area contributed by atoms with Crippen LogP contribution >= 0.6 is 11.6 Å². The van der Waals surface area contributed by atoms with Crippen molar-refractivity contribution in [3.05, 3.63) is 62.9 Å². The topological polar surface area (TPSA) is 64.8 Å². The van der Waals surface area contributed by atoms with Crippen molar-refractivity contribution in [3.63, 3.8) is 0 Å². The Morgan fingerprint density at radius 1 is 1.21 bits per heavy atom. The van der Waals surface area contributed by atoms with Crippen LogP contribution in [0.1, 0.15) is 17.3 Å². The summed E-state index contributed by atoms with van der Waals surface area (Å²) in [7, 11) is 0. The number of carbonyl (C=O) groups is 1. The predicted octanol–water partition coefficient (Wildman–Crippen LogP) is 3.05. The second-order valence-electron chi connectivity index (χ2n) is 4.89. The quantitative estimate of drug-likeness (QED) is 0.524. The molecule has 0 saturated heterocycles. The first-order valence-corrected chi connectivity index (χ1v) is 6.91. The molecule has 0 aromatic carbocycles. The van der Waals surface area contributed by atoms with Gasteiger partial charge in [0.2, 0.25) is 5.43 Å². The lowest BCUT2D eigenvalue weighted by Gasteiger charge is -2.12. The van der Waals surface area contributed by atoms with E-state index in [4.69, 9.17) is 11.6 Å². The Hall–Kier alpha value is -2.74. The molecule has 0 aliphatic carbocycles. The summed E-state index contributed by atoms with van der Waals surface area (Å²) in [6.07, 6.45) is 1.76. The zero-order chi connectivity index (χ0) is 17.6. The van der Waals surface area contributed by atoms with E-state index >= 15 is 0 Å². The van der Waals surface area contributed by atoms with E-state index in [-0.39, 0.29) is 16.6 Å². The predicted molar refractivity (Wildman–Crippen MR) is 80.0 cm³/mol. The SMILES string of the molecule is CC(=O)c1cn(-c2ncc(F)cc2F)c2nc(Cl)c(F)cc2c1=O. The van der Waals surface area contributed by atoms with Crippen molar-refractivity contribution in [2.45, 2.75) is 6.92 Å². The number of rotatable bonds is 2. The normalized spacial score (nSPS) is 11.0. The van der Waals surface area contributed by atoms with Crippen molar-refractivity contribution in [3.8, 4) is 5.82 Å². The zero-order valence-corrected chi connectivity index (χ0v) is 12.7. The van der Waals surface area contributed by atoms with Gasteiger partial charge in [-0.3, -0.25) is 14.2 Å². The van der Waals surface area contributed by atoms with E-state index < -0.39 is 39.6 Å². The van der Waals surface area contributed by atoms with Crippen molar-refractivity contribution in [1.82, 2.24) is 14.5 Å². The number of fused-ring (bicyclic) bond motifs is 1. The van der Waals surface area contributed by atoms with Gasteiger partial charge < -0.3 is 0 Å². The maximum atomic E-state index is 14.1. The molecule has 0 N–H and O–H groups in total. The van der Waals surface area contributed by atoms with E-state index in [1.165, 1.54) is 0 Å². The van der Waals surface area contributed by atoms with Gasteiger partial charge >= 0.3 is 0 Å². The van der Waals surface area contributed by atoms with Gasteiger partial charge in [-0.05, 0) is 13.0 Å². The summed E-state index contributed by atoms with van der Waals surface area (Å²) in [5.41, 5.74) is -1.31. The van der Waals surface area contributed by atoms with E-state index in [2.05, 4.69) is 9.97 Å². The molecule has 0 amide bonds. The lowest BCUT2D eigenvalue weighted by molar-refractivity contribution is 0.101. The minimum absolute atomic E-state index is 0.214. The molecule has 0 saturated carbocycles. The minimum Gasteiger partial charge on any atom is -0.294 e. The molecule has 24 heavy (non-hydrogen) atoms. The highest BCUT2D eigenvalue weighted by Crippen LogP contribution is 2.21. The number of aromatic nitrogens is 3. The molecule has 0 unspecified atom stereocenters. The summed E-state index contributed by atoms with van der Waals surface area (Å²) in [6.45, 7) is 1.13. The van der Waals surface area contributed by atoms with Crippen molar-refractivity contribution in [2.24, 2.45) is 0 Å². The van der Waals surface area contributed by atoms with Crippen LogP contribution in [0.2, 0.25) is 5.15 Å². The molecule has 0 atom stereocenters. The van der Waals surface area contributed by atoms with Gasteiger partial charge in [-0.1, -0.05) is 11.6 Å².